The van der Waals surface area contributed by atoms with E-state index in [4.69, 9.17) is 32.8 Å². The monoisotopic (exact) mass is 495 g/mol. The number of rotatable bonds is 6. The van der Waals surface area contributed by atoms with E-state index in [1.54, 1.807) is 43.3 Å². The van der Waals surface area contributed by atoms with Gasteiger partial charge in [-0.1, -0.05) is 0 Å². The fourth-order valence-corrected chi connectivity index (χ4v) is 4.49. The maximum Gasteiger partial charge on any atom is 0.343 e. The Morgan fingerprint density at radius 3 is 2.28 bits per heavy atom. The number of amides is 1. The van der Waals surface area contributed by atoms with Crippen molar-refractivity contribution in [3.8, 4) is 34.5 Å². The van der Waals surface area contributed by atoms with Crippen LogP contribution in [0.3, 0.4) is 0 Å². The highest BCUT2D eigenvalue weighted by molar-refractivity contribution is 5.96. The van der Waals surface area contributed by atoms with E-state index in [2.05, 4.69) is 5.32 Å². The van der Waals surface area contributed by atoms with E-state index in [-0.39, 0.29) is 11.3 Å². The molecule has 0 unspecified atom stereocenters. The molecule has 1 aromatic heterocycles. The molecule has 36 heavy (non-hydrogen) atoms. The van der Waals surface area contributed by atoms with E-state index < -0.39 is 23.6 Å². The van der Waals surface area contributed by atoms with Crippen LogP contribution in [0.5, 0.6) is 34.5 Å². The lowest BCUT2D eigenvalue weighted by Gasteiger charge is -2.22. The van der Waals surface area contributed by atoms with Gasteiger partial charge in [-0.05, 0) is 36.8 Å². The van der Waals surface area contributed by atoms with Crippen LogP contribution in [0.4, 0.5) is 5.69 Å². The summed E-state index contributed by atoms with van der Waals surface area (Å²) in [5.41, 5.74) is 0.702. The second-order valence-corrected chi connectivity index (χ2v) is 8.24. The third kappa shape index (κ3) is 4.04. The third-order valence-corrected chi connectivity index (χ3v) is 6.06. The van der Waals surface area contributed by atoms with Crippen molar-refractivity contribution in [2.75, 3.05) is 39.9 Å². The van der Waals surface area contributed by atoms with Gasteiger partial charge in [0.25, 0.3) is 5.91 Å². The van der Waals surface area contributed by atoms with Crippen LogP contribution in [0.1, 0.15) is 22.8 Å². The molecule has 0 saturated carbocycles. The smallest absolute Gasteiger partial charge is 0.343 e. The SMILES string of the molecule is COc1cc([C@H]2c3c(cc(C)oc3=O)O[C@H]2C(=O)Nc2ccc3c(c2)OCCO3)cc(OC)c1OC. The summed E-state index contributed by atoms with van der Waals surface area (Å²) in [5.74, 6) is 1.67. The van der Waals surface area contributed by atoms with Crippen LogP contribution in [-0.2, 0) is 4.79 Å². The normalized spacial score (nSPS) is 17.6. The average molecular weight is 495 g/mol. The van der Waals surface area contributed by atoms with Crippen molar-refractivity contribution in [1.29, 1.82) is 0 Å². The van der Waals surface area contributed by atoms with Gasteiger partial charge in [0.05, 0.1) is 32.8 Å². The number of benzene rings is 2. The Morgan fingerprint density at radius 1 is 0.917 bits per heavy atom. The van der Waals surface area contributed by atoms with Crippen LogP contribution >= 0.6 is 0 Å². The predicted molar refractivity (Wildman–Crippen MR) is 128 cm³/mol. The second-order valence-electron chi connectivity index (χ2n) is 8.24. The van der Waals surface area contributed by atoms with Crippen LogP contribution < -0.4 is 39.4 Å². The zero-order valence-electron chi connectivity index (χ0n) is 20.2. The topological polar surface area (TPSA) is 115 Å². The zero-order chi connectivity index (χ0) is 25.4. The Morgan fingerprint density at radius 2 is 1.61 bits per heavy atom. The van der Waals surface area contributed by atoms with Crippen LogP contribution in [0, 0.1) is 6.92 Å². The molecule has 0 spiro atoms. The Balaban J connectivity index is 1.56. The van der Waals surface area contributed by atoms with E-state index in [9.17, 15) is 9.59 Å². The Hall–Kier alpha value is -4.34. The van der Waals surface area contributed by atoms with Gasteiger partial charge in [-0.2, -0.15) is 0 Å². The molecule has 0 saturated heterocycles. The number of hydrogen-bond donors (Lipinski definition) is 1. The Labute approximate surface area is 206 Å². The van der Waals surface area contributed by atoms with Crippen LogP contribution in [-0.4, -0.2) is 46.6 Å². The molecule has 0 aliphatic carbocycles. The van der Waals surface area contributed by atoms with Crippen molar-refractivity contribution in [3.05, 3.63) is 63.7 Å². The largest absolute Gasteiger partial charge is 0.493 e. The molecule has 2 aliphatic heterocycles. The lowest BCUT2D eigenvalue weighted by Crippen LogP contribution is -2.35. The summed E-state index contributed by atoms with van der Waals surface area (Å²) in [6.07, 6.45) is -1.08. The number of fused-ring (bicyclic) bond motifs is 2. The fraction of sp³-hybridized carbons (Fsp3) is 0.308. The molecule has 10 nitrogen and oxygen atoms in total. The zero-order valence-corrected chi connectivity index (χ0v) is 20.2. The second kappa shape index (κ2) is 9.37. The van der Waals surface area contributed by atoms with Gasteiger partial charge >= 0.3 is 5.63 Å². The predicted octanol–water partition coefficient (Wildman–Crippen LogP) is 3.28. The van der Waals surface area contributed by atoms with E-state index in [1.807, 2.05) is 0 Å². The summed E-state index contributed by atoms with van der Waals surface area (Å²) < 4.78 is 39.0. The quantitative estimate of drug-likeness (QED) is 0.550. The fourth-order valence-electron chi connectivity index (χ4n) is 4.49. The average Bonchev–Trinajstić information content (AvgIpc) is 3.27. The third-order valence-electron chi connectivity index (χ3n) is 6.06. The first-order valence-electron chi connectivity index (χ1n) is 11.2. The highest BCUT2D eigenvalue weighted by Gasteiger charge is 2.44. The molecule has 5 rings (SSSR count). The van der Waals surface area contributed by atoms with Crippen LogP contribution in [0.25, 0.3) is 0 Å². The summed E-state index contributed by atoms with van der Waals surface area (Å²) in [4.78, 5) is 26.5. The lowest BCUT2D eigenvalue weighted by atomic mass is 9.88. The van der Waals surface area contributed by atoms with Crippen molar-refractivity contribution in [2.45, 2.75) is 18.9 Å². The number of nitrogens with one attached hydrogen (secondary N) is 1. The molecule has 0 fully saturated rings. The van der Waals surface area contributed by atoms with Crippen molar-refractivity contribution in [1.82, 2.24) is 0 Å². The summed E-state index contributed by atoms with van der Waals surface area (Å²) in [5, 5.41) is 2.86. The molecule has 2 aliphatic rings. The van der Waals surface area contributed by atoms with Crippen LogP contribution in [0.15, 0.2) is 45.6 Å². The number of aryl methyl sites for hydroxylation is 1. The Kier molecular flexibility index (Phi) is 6.09. The number of hydrogen-bond acceptors (Lipinski definition) is 9. The first-order valence-corrected chi connectivity index (χ1v) is 11.2. The van der Waals surface area contributed by atoms with Gasteiger partial charge in [-0.3, -0.25) is 4.79 Å². The highest BCUT2D eigenvalue weighted by Crippen LogP contribution is 2.46. The summed E-state index contributed by atoms with van der Waals surface area (Å²) >= 11 is 0. The molecule has 2 aromatic carbocycles. The maximum atomic E-state index is 13.5. The molecule has 1 N–H and O–H groups in total. The maximum absolute atomic E-state index is 13.5. The van der Waals surface area contributed by atoms with Crippen molar-refractivity contribution in [3.63, 3.8) is 0 Å². The van der Waals surface area contributed by atoms with Gasteiger partial charge in [0.2, 0.25) is 5.75 Å². The van der Waals surface area contributed by atoms with Crippen molar-refractivity contribution >= 4 is 11.6 Å². The molecule has 1 amide bonds. The molecule has 2 atom stereocenters. The molecule has 3 aromatic rings. The minimum Gasteiger partial charge on any atom is -0.493 e. The lowest BCUT2D eigenvalue weighted by molar-refractivity contribution is -0.122. The summed E-state index contributed by atoms with van der Waals surface area (Å²) in [6.45, 7) is 2.52. The summed E-state index contributed by atoms with van der Waals surface area (Å²) in [6, 6.07) is 10.1. The molecule has 0 bridgehead atoms. The van der Waals surface area contributed by atoms with E-state index in [0.717, 1.165) is 0 Å². The molecule has 10 heteroatoms. The molecular formula is C26H25NO9. The molecule has 3 heterocycles. The highest BCUT2D eigenvalue weighted by atomic mass is 16.6. The molecule has 188 valence electrons. The number of ether oxygens (including phenoxy) is 6. The first kappa shape index (κ1) is 23.4. The van der Waals surface area contributed by atoms with Crippen molar-refractivity contribution < 1.29 is 37.6 Å². The number of carbonyl (C=O) groups excluding carboxylic acids is 1. The van der Waals surface area contributed by atoms with Gasteiger partial charge in [0.15, 0.2) is 29.1 Å². The van der Waals surface area contributed by atoms with Gasteiger partial charge < -0.3 is 38.2 Å². The van der Waals surface area contributed by atoms with E-state index >= 15 is 0 Å². The minimum absolute atomic E-state index is 0.234. The number of methoxy groups -OCH3 is 3. The Bertz CT molecular complexity index is 1360. The van der Waals surface area contributed by atoms with E-state index in [0.29, 0.717) is 59.0 Å². The van der Waals surface area contributed by atoms with E-state index in [1.165, 1.54) is 21.3 Å². The standard InChI is InChI=1S/C26H25NO9/c1-13-9-18-22(26(29)35-13)21(14-10-19(30-2)23(32-4)20(11-14)31-3)24(36-18)25(28)27-15-5-6-16-17(12-15)34-8-7-33-16/h5-6,9-12,21,24H,7-8H2,1-4H3,(H,27,28)/t21-,24+/m0/s1. The number of carbonyl (C=O) groups is 1. The summed E-state index contributed by atoms with van der Waals surface area (Å²) in [7, 11) is 4.48. The van der Waals surface area contributed by atoms with Gasteiger partial charge in [0, 0.05) is 17.8 Å². The van der Waals surface area contributed by atoms with Gasteiger partial charge in [0.1, 0.15) is 24.7 Å². The minimum atomic E-state index is -1.08. The molecular weight excluding hydrogens is 470 g/mol. The van der Waals surface area contributed by atoms with Gasteiger partial charge in [-0.15, -0.1) is 0 Å². The number of anilines is 1. The molecule has 0 radical (unpaired) electrons. The first-order chi connectivity index (χ1) is 17.4. The van der Waals surface area contributed by atoms with Crippen LogP contribution in [0.2, 0.25) is 0 Å². The van der Waals surface area contributed by atoms with Gasteiger partial charge in [-0.25, -0.2) is 4.79 Å². The van der Waals surface area contributed by atoms with Crippen molar-refractivity contribution in [2.24, 2.45) is 0 Å².